The molecule has 0 aliphatic heterocycles. The monoisotopic (exact) mass is 331 g/mol. The highest BCUT2D eigenvalue weighted by atomic mass is 16.6. The summed E-state index contributed by atoms with van der Waals surface area (Å²) in [6, 6.07) is 25.3. The summed E-state index contributed by atoms with van der Waals surface area (Å²) in [7, 11) is 0. The van der Waals surface area contributed by atoms with Crippen LogP contribution in [0, 0.1) is 10.1 Å². The molecule has 0 saturated heterocycles. The van der Waals surface area contributed by atoms with Gasteiger partial charge in [-0.2, -0.15) is 0 Å². The number of ether oxygens (including phenoxy) is 1. The Balaban J connectivity index is 1.90. The molecule has 0 N–H and O–H groups in total. The molecule has 4 heteroatoms. The average molecular weight is 331 g/mol. The molecule has 25 heavy (non-hydrogen) atoms. The number of nitro groups is 1. The van der Waals surface area contributed by atoms with E-state index in [1.807, 2.05) is 78.9 Å². The second-order valence-corrected chi connectivity index (χ2v) is 5.49. The van der Waals surface area contributed by atoms with Crippen LogP contribution in [0.5, 0.6) is 5.75 Å². The molecule has 0 fully saturated rings. The summed E-state index contributed by atoms with van der Waals surface area (Å²) < 4.78 is 5.88. The smallest absolute Gasteiger partial charge is 0.235 e. The van der Waals surface area contributed by atoms with Gasteiger partial charge in [-0.3, -0.25) is 10.1 Å². The SMILES string of the molecule is O=[N+]([O-])C=Cc1ccc(OCc2ccccc2)cc1-c1ccccc1. The Kier molecular flexibility index (Phi) is 5.22. The van der Waals surface area contributed by atoms with Crippen molar-refractivity contribution in [3.05, 3.63) is 106 Å². The minimum atomic E-state index is -0.464. The van der Waals surface area contributed by atoms with Crippen LogP contribution in [0.15, 0.2) is 85.1 Å². The summed E-state index contributed by atoms with van der Waals surface area (Å²) >= 11 is 0. The van der Waals surface area contributed by atoms with Crippen LogP contribution >= 0.6 is 0 Å². The zero-order valence-electron chi connectivity index (χ0n) is 13.5. The third kappa shape index (κ3) is 4.54. The van der Waals surface area contributed by atoms with E-state index in [1.165, 1.54) is 6.08 Å². The fraction of sp³-hybridized carbons (Fsp3) is 0.0476. The molecule has 0 atom stereocenters. The van der Waals surface area contributed by atoms with E-state index in [2.05, 4.69) is 0 Å². The third-order valence-corrected chi connectivity index (χ3v) is 3.73. The summed E-state index contributed by atoms with van der Waals surface area (Å²) in [5, 5.41) is 10.6. The Morgan fingerprint density at radius 1 is 0.920 bits per heavy atom. The number of rotatable bonds is 6. The highest BCUT2D eigenvalue weighted by Crippen LogP contribution is 2.29. The maximum Gasteiger partial charge on any atom is 0.235 e. The largest absolute Gasteiger partial charge is 0.489 e. The topological polar surface area (TPSA) is 52.4 Å². The Hall–Kier alpha value is -3.40. The van der Waals surface area contributed by atoms with Crippen molar-refractivity contribution in [2.45, 2.75) is 6.61 Å². The third-order valence-electron chi connectivity index (χ3n) is 3.73. The van der Waals surface area contributed by atoms with Crippen molar-refractivity contribution in [3.8, 4) is 16.9 Å². The first-order chi connectivity index (χ1) is 12.2. The zero-order valence-corrected chi connectivity index (χ0v) is 13.5. The quantitative estimate of drug-likeness (QED) is 0.462. The van der Waals surface area contributed by atoms with Crippen LogP contribution in [0.4, 0.5) is 0 Å². The molecule has 0 heterocycles. The van der Waals surface area contributed by atoms with Gasteiger partial charge in [0, 0.05) is 6.08 Å². The molecule has 0 radical (unpaired) electrons. The summed E-state index contributed by atoms with van der Waals surface area (Å²) in [6.45, 7) is 0.471. The maximum atomic E-state index is 10.6. The lowest BCUT2D eigenvalue weighted by atomic mass is 9.99. The molecule has 4 nitrogen and oxygen atoms in total. The molecule has 0 spiro atoms. The fourth-order valence-corrected chi connectivity index (χ4v) is 2.52. The fourth-order valence-electron chi connectivity index (χ4n) is 2.52. The minimum Gasteiger partial charge on any atom is -0.489 e. The standard InChI is InChI=1S/C21H17NO3/c23-22(24)14-13-19-11-12-20(25-16-17-7-3-1-4-8-17)15-21(19)18-9-5-2-6-10-18/h1-15H,16H2. The van der Waals surface area contributed by atoms with Crippen molar-refractivity contribution in [3.63, 3.8) is 0 Å². The molecule has 0 aromatic heterocycles. The van der Waals surface area contributed by atoms with E-state index in [4.69, 9.17) is 4.74 Å². The number of hydrogen-bond acceptors (Lipinski definition) is 3. The molecule has 3 aromatic carbocycles. The molecular formula is C21H17NO3. The van der Waals surface area contributed by atoms with Gasteiger partial charge in [-0.25, -0.2) is 0 Å². The summed E-state index contributed by atoms with van der Waals surface area (Å²) in [5.74, 6) is 0.723. The van der Waals surface area contributed by atoms with Crippen LogP contribution in [0.25, 0.3) is 17.2 Å². The summed E-state index contributed by atoms with van der Waals surface area (Å²) in [6.07, 6.45) is 2.45. The lowest BCUT2D eigenvalue weighted by Crippen LogP contribution is -1.96. The first kappa shape index (κ1) is 16.5. The highest BCUT2D eigenvalue weighted by Gasteiger charge is 2.07. The van der Waals surface area contributed by atoms with Crippen LogP contribution in [-0.4, -0.2) is 4.92 Å². The van der Waals surface area contributed by atoms with Crippen LogP contribution in [0.3, 0.4) is 0 Å². The molecule has 0 unspecified atom stereocenters. The summed E-state index contributed by atoms with van der Waals surface area (Å²) in [5.41, 5.74) is 3.73. The van der Waals surface area contributed by atoms with Crippen molar-refractivity contribution in [2.75, 3.05) is 0 Å². The molecule has 0 saturated carbocycles. The predicted octanol–water partition coefficient (Wildman–Crippen LogP) is 5.18. The Labute approximate surface area is 146 Å². The molecule has 3 aromatic rings. The van der Waals surface area contributed by atoms with Gasteiger partial charge in [-0.05, 0) is 34.4 Å². The van der Waals surface area contributed by atoms with Crippen molar-refractivity contribution < 1.29 is 9.66 Å². The van der Waals surface area contributed by atoms with Gasteiger partial charge < -0.3 is 4.74 Å². The van der Waals surface area contributed by atoms with Gasteiger partial charge in [-0.1, -0.05) is 66.7 Å². The lowest BCUT2D eigenvalue weighted by Gasteiger charge is -2.11. The van der Waals surface area contributed by atoms with Gasteiger partial charge >= 0.3 is 0 Å². The van der Waals surface area contributed by atoms with E-state index < -0.39 is 4.92 Å². The minimum absolute atomic E-state index is 0.464. The maximum absolute atomic E-state index is 10.6. The van der Waals surface area contributed by atoms with E-state index >= 15 is 0 Å². The lowest BCUT2D eigenvalue weighted by molar-refractivity contribution is -0.400. The van der Waals surface area contributed by atoms with Gasteiger partial charge in [0.2, 0.25) is 6.20 Å². The second-order valence-electron chi connectivity index (χ2n) is 5.49. The van der Waals surface area contributed by atoms with Crippen LogP contribution in [0.1, 0.15) is 11.1 Å². The Morgan fingerprint density at radius 3 is 2.28 bits per heavy atom. The van der Waals surface area contributed by atoms with Gasteiger partial charge in [0.25, 0.3) is 0 Å². The van der Waals surface area contributed by atoms with Gasteiger partial charge in [0.1, 0.15) is 12.4 Å². The van der Waals surface area contributed by atoms with E-state index in [0.29, 0.717) is 6.61 Å². The number of hydrogen-bond donors (Lipinski definition) is 0. The molecule has 0 aliphatic carbocycles. The molecular weight excluding hydrogens is 314 g/mol. The number of nitrogens with zero attached hydrogens (tertiary/aromatic N) is 1. The van der Waals surface area contributed by atoms with E-state index in [-0.39, 0.29) is 0 Å². The van der Waals surface area contributed by atoms with E-state index in [1.54, 1.807) is 0 Å². The number of benzene rings is 3. The predicted molar refractivity (Wildman–Crippen MR) is 98.7 cm³/mol. The zero-order chi connectivity index (χ0) is 17.5. The molecule has 0 bridgehead atoms. The average Bonchev–Trinajstić information content (AvgIpc) is 2.66. The molecule has 3 rings (SSSR count). The Bertz CT molecular complexity index is 874. The normalized spacial score (nSPS) is 10.7. The van der Waals surface area contributed by atoms with Crippen molar-refractivity contribution >= 4 is 6.08 Å². The van der Waals surface area contributed by atoms with Crippen LogP contribution < -0.4 is 4.74 Å². The molecule has 0 amide bonds. The second kappa shape index (κ2) is 7.93. The van der Waals surface area contributed by atoms with Gasteiger partial charge in [-0.15, -0.1) is 0 Å². The highest BCUT2D eigenvalue weighted by molar-refractivity contribution is 5.76. The van der Waals surface area contributed by atoms with Gasteiger partial charge in [0.15, 0.2) is 0 Å². The van der Waals surface area contributed by atoms with Crippen molar-refractivity contribution in [2.24, 2.45) is 0 Å². The van der Waals surface area contributed by atoms with Crippen LogP contribution in [0.2, 0.25) is 0 Å². The first-order valence-corrected chi connectivity index (χ1v) is 7.90. The Morgan fingerprint density at radius 2 is 1.60 bits per heavy atom. The van der Waals surface area contributed by atoms with E-state index in [9.17, 15) is 10.1 Å². The van der Waals surface area contributed by atoms with Crippen LogP contribution in [-0.2, 0) is 6.61 Å². The van der Waals surface area contributed by atoms with E-state index in [0.717, 1.165) is 34.2 Å². The van der Waals surface area contributed by atoms with Crippen molar-refractivity contribution in [1.82, 2.24) is 0 Å². The van der Waals surface area contributed by atoms with Gasteiger partial charge in [0.05, 0.1) is 4.92 Å². The first-order valence-electron chi connectivity index (χ1n) is 7.90. The summed E-state index contributed by atoms with van der Waals surface area (Å²) in [4.78, 5) is 10.2. The molecule has 0 aliphatic rings. The molecule has 124 valence electrons. The van der Waals surface area contributed by atoms with Crippen molar-refractivity contribution in [1.29, 1.82) is 0 Å².